The minimum atomic E-state index is -0.747. The van der Waals surface area contributed by atoms with Crippen LogP contribution >= 0.6 is 0 Å². The number of unbranched alkanes of at least 4 members (excludes halogenated alkanes) is 3. The summed E-state index contributed by atoms with van der Waals surface area (Å²) in [5.41, 5.74) is 18.5. The van der Waals surface area contributed by atoms with Crippen molar-refractivity contribution in [3.8, 4) is 0 Å². The summed E-state index contributed by atoms with van der Waals surface area (Å²) in [6.07, 6.45) is 12.6. The molecule has 0 heterocycles. The Bertz CT molecular complexity index is 770. The quantitative estimate of drug-likeness (QED) is 0.160. The van der Waals surface area contributed by atoms with Gasteiger partial charge in [0.1, 0.15) is 6.04 Å². The molecule has 1 aliphatic carbocycles. The average molecular weight is 473 g/mol. The molecule has 8 nitrogen and oxygen atoms in total. The monoisotopic (exact) mass is 472 g/mol. The Balaban J connectivity index is 1.91. The summed E-state index contributed by atoms with van der Waals surface area (Å²) in [5, 5.41) is 5.95. The maximum atomic E-state index is 12.9. The van der Waals surface area contributed by atoms with Crippen molar-refractivity contribution < 1.29 is 9.59 Å². The van der Waals surface area contributed by atoms with Crippen LogP contribution in [0.2, 0.25) is 0 Å². The van der Waals surface area contributed by atoms with Gasteiger partial charge < -0.3 is 27.8 Å². The first kappa shape index (κ1) is 27.6. The van der Waals surface area contributed by atoms with Gasteiger partial charge in [0.25, 0.3) is 0 Å². The van der Waals surface area contributed by atoms with Gasteiger partial charge in [0.2, 0.25) is 11.8 Å². The lowest BCUT2D eigenvalue weighted by Gasteiger charge is -2.25. The fourth-order valence-corrected chi connectivity index (χ4v) is 4.51. The molecule has 0 saturated heterocycles. The van der Waals surface area contributed by atoms with Crippen LogP contribution in [-0.4, -0.2) is 36.4 Å². The van der Waals surface area contributed by atoms with E-state index < -0.39 is 12.1 Å². The number of rotatable bonds is 14. The van der Waals surface area contributed by atoms with Gasteiger partial charge in [-0.3, -0.25) is 9.59 Å². The number of hydrogen-bond acceptors (Lipinski definition) is 4. The summed E-state index contributed by atoms with van der Waals surface area (Å²) in [5.74, 6) is 0.229. The lowest BCUT2D eigenvalue weighted by atomic mass is 9.85. The molecule has 0 aromatic heterocycles. The number of carbonyl (C=O) groups is 2. The second kappa shape index (κ2) is 15.3. The third-order valence-electron chi connectivity index (χ3n) is 6.54. The van der Waals surface area contributed by atoms with Gasteiger partial charge in [-0.25, -0.2) is 4.99 Å². The van der Waals surface area contributed by atoms with Crippen molar-refractivity contribution in [2.75, 3.05) is 6.54 Å². The van der Waals surface area contributed by atoms with Crippen molar-refractivity contribution in [3.63, 3.8) is 0 Å². The smallest absolute Gasteiger partial charge is 0.242 e. The van der Waals surface area contributed by atoms with E-state index in [1.165, 1.54) is 38.5 Å². The third-order valence-corrected chi connectivity index (χ3v) is 6.54. The molecule has 34 heavy (non-hydrogen) atoms. The number of benzene rings is 1. The van der Waals surface area contributed by atoms with E-state index in [2.05, 4.69) is 22.5 Å². The minimum Gasteiger partial charge on any atom is -0.370 e. The number of nitrogens with zero attached hydrogens (tertiary/aromatic N) is 1. The van der Waals surface area contributed by atoms with Gasteiger partial charge in [-0.1, -0.05) is 70.4 Å². The van der Waals surface area contributed by atoms with Gasteiger partial charge in [0.15, 0.2) is 5.96 Å². The van der Waals surface area contributed by atoms with Crippen LogP contribution in [0.5, 0.6) is 0 Å². The van der Waals surface area contributed by atoms with Gasteiger partial charge in [-0.15, -0.1) is 0 Å². The molecule has 0 aliphatic heterocycles. The summed E-state index contributed by atoms with van der Waals surface area (Å²) in [4.78, 5) is 29.8. The number of nitrogens with two attached hydrogens (primary N) is 3. The Morgan fingerprint density at radius 2 is 1.74 bits per heavy atom. The van der Waals surface area contributed by atoms with Gasteiger partial charge in [0.05, 0.1) is 11.7 Å². The highest BCUT2D eigenvalue weighted by Gasteiger charge is 2.25. The topological polar surface area (TPSA) is 149 Å². The highest BCUT2D eigenvalue weighted by atomic mass is 16.2. The molecule has 0 unspecified atom stereocenters. The van der Waals surface area contributed by atoms with Gasteiger partial charge in [-0.2, -0.15) is 0 Å². The summed E-state index contributed by atoms with van der Waals surface area (Å²) >= 11 is 0. The molecule has 2 atom stereocenters. The van der Waals surface area contributed by atoms with Crippen molar-refractivity contribution in [2.45, 2.75) is 96.1 Å². The molecule has 0 spiro atoms. The minimum absolute atomic E-state index is 0.00765. The van der Waals surface area contributed by atoms with Gasteiger partial charge >= 0.3 is 0 Å². The van der Waals surface area contributed by atoms with Crippen LogP contribution in [0.3, 0.4) is 0 Å². The number of nitrogens with one attached hydrogen (secondary N) is 2. The highest BCUT2D eigenvalue weighted by molar-refractivity contribution is 5.89. The van der Waals surface area contributed by atoms with Crippen LogP contribution in [0.1, 0.15) is 83.1 Å². The van der Waals surface area contributed by atoms with Crippen LogP contribution in [0.4, 0.5) is 5.69 Å². The fourth-order valence-electron chi connectivity index (χ4n) is 4.51. The standard InChI is InChI=1S/C26H44N6O2/c1-2-3-4-8-17-30-25(34)23(16-13-19-9-6-5-7-10-19)32-24(33)22(27)18-20-11-14-21(15-12-20)31-26(28)29/h11-12,14-15,19,22-23H,2-10,13,16-18,27H2,1H3,(H,30,34)(H,32,33)(H4,28,29,31)/t22-,23-/m0/s1. The highest BCUT2D eigenvalue weighted by Crippen LogP contribution is 2.27. The lowest BCUT2D eigenvalue weighted by Crippen LogP contribution is -2.52. The predicted molar refractivity (Wildman–Crippen MR) is 138 cm³/mol. The zero-order valence-electron chi connectivity index (χ0n) is 20.7. The lowest BCUT2D eigenvalue weighted by molar-refractivity contribution is -0.129. The molecule has 1 aliphatic rings. The van der Waals surface area contributed by atoms with Crippen molar-refractivity contribution in [2.24, 2.45) is 28.1 Å². The van der Waals surface area contributed by atoms with E-state index in [4.69, 9.17) is 17.2 Å². The molecule has 1 fully saturated rings. The molecule has 0 bridgehead atoms. The maximum absolute atomic E-state index is 12.9. The van der Waals surface area contributed by atoms with E-state index in [9.17, 15) is 9.59 Å². The molecule has 1 saturated carbocycles. The maximum Gasteiger partial charge on any atom is 0.242 e. The Kier molecular flexibility index (Phi) is 12.5. The average Bonchev–Trinajstić information content (AvgIpc) is 2.82. The van der Waals surface area contributed by atoms with Crippen molar-refractivity contribution in [1.82, 2.24) is 10.6 Å². The zero-order chi connectivity index (χ0) is 24.8. The molecule has 8 heteroatoms. The van der Waals surface area contributed by atoms with Crippen LogP contribution in [0.25, 0.3) is 0 Å². The van der Waals surface area contributed by atoms with Crippen LogP contribution in [0.15, 0.2) is 29.3 Å². The normalized spacial score (nSPS) is 15.8. The van der Waals surface area contributed by atoms with Crippen LogP contribution in [-0.2, 0) is 16.0 Å². The van der Waals surface area contributed by atoms with Crippen molar-refractivity contribution >= 4 is 23.5 Å². The summed E-state index contributed by atoms with van der Waals surface area (Å²) < 4.78 is 0. The second-order valence-electron chi connectivity index (χ2n) is 9.51. The molecule has 2 rings (SSSR count). The molecule has 1 aromatic carbocycles. The van der Waals surface area contributed by atoms with E-state index in [0.29, 0.717) is 31.0 Å². The first-order chi connectivity index (χ1) is 16.4. The van der Waals surface area contributed by atoms with Crippen LogP contribution in [0, 0.1) is 5.92 Å². The predicted octanol–water partition coefficient (Wildman–Crippen LogP) is 3.00. The van der Waals surface area contributed by atoms with Crippen LogP contribution < -0.4 is 27.8 Å². The van der Waals surface area contributed by atoms with E-state index in [1.807, 2.05) is 12.1 Å². The molecule has 1 aromatic rings. The largest absolute Gasteiger partial charge is 0.370 e. The number of amides is 2. The number of carbonyl (C=O) groups excluding carboxylic acids is 2. The fraction of sp³-hybridized carbons (Fsp3) is 0.654. The summed E-state index contributed by atoms with van der Waals surface area (Å²) in [6.45, 7) is 2.81. The third kappa shape index (κ3) is 10.5. The van der Waals surface area contributed by atoms with E-state index in [0.717, 1.165) is 31.2 Å². The zero-order valence-corrected chi connectivity index (χ0v) is 20.7. The molecule has 0 radical (unpaired) electrons. The van der Waals surface area contributed by atoms with Gasteiger partial charge in [0, 0.05) is 6.54 Å². The van der Waals surface area contributed by atoms with E-state index >= 15 is 0 Å². The first-order valence-electron chi connectivity index (χ1n) is 12.9. The Hall–Kier alpha value is -2.61. The first-order valence-corrected chi connectivity index (χ1v) is 12.9. The summed E-state index contributed by atoms with van der Waals surface area (Å²) in [7, 11) is 0. The van der Waals surface area contributed by atoms with Crippen molar-refractivity contribution in [3.05, 3.63) is 29.8 Å². The Morgan fingerprint density at radius 3 is 2.38 bits per heavy atom. The SMILES string of the molecule is CCCCCCNC(=O)[C@H](CCC1CCCCC1)NC(=O)[C@@H](N)Cc1ccc(N=C(N)N)cc1. The molecule has 8 N–H and O–H groups in total. The summed E-state index contributed by atoms with van der Waals surface area (Å²) in [6, 6.07) is 5.95. The number of aliphatic imine (C=N–C) groups is 1. The Labute approximate surface area is 204 Å². The van der Waals surface area contributed by atoms with Gasteiger partial charge in [-0.05, 0) is 49.3 Å². The number of hydrogen-bond donors (Lipinski definition) is 5. The second-order valence-corrected chi connectivity index (χ2v) is 9.51. The van der Waals surface area contributed by atoms with Crippen molar-refractivity contribution in [1.29, 1.82) is 0 Å². The molecule has 2 amide bonds. The number of guanidine groups is 1. The Morgan fingerprint density at radius 1 is 1.03 bits per heavy atom. The molecular formula is C26H44N6O2. The molecule has 190 valence electrons. The molecular weight excluding hydrogens is 428 g/mol. The van der Waals surface area contributed by atoms with E-state index in [-0.39, 0.29) is 17.8 Å². The van der Waals surface area contributed by atoms with E-state index in [1.54, 1.807) is 12.1 Å².